The van der Waals surface area contributed by atoms with E-state index in [1.165, 1.54) is 17.5 Å². The van der Waals surface area contributed by atoms with E-state index in [-0.39, 0.29) is 0 Å². The fourth-order valence-electron chi connectivity index (χ4n) is 1.87. The van der Waals surface area contributed by atoms with Gasteiger partial charge in [0.25, 0.3) is 0 Å². The van der Waals surface area contributed by atoms with Crippen molar-refractivity contribution in [2.75, 3.05) is 10.0 Å². The molecule has 0 radical (unpaired) electrons. The number of thiazole rings is 1. The summed E-state index contributed by atoms with van der Waals surface area (Å²) in [6.45, 7) is 0.754. The van der Waals surface area contributed by atoms with Crippen molar-refractivity contribution in [1.29, 1.82) is 0 Å². The standard InChI is InChI=1S/C16H14ClN3S2/c17-14-8-13(22-20-16-10-21-11-19-16)6-7-15(14)18-9-12-4-2-1-3-5-12/h1-8,10-11,18,20H,9H2. The molecule has 1 heterocycles. The van der Waals surface area contributed by atoms with Crippen molar-refractivity contribution in [3.8, 4) is 0 Å². The van der Waals surface area contributed by atoms with Gasteiger partial charge in [-0.3, -0.25) is 0 Å². The Labute approximate surface area is 142 Å². The second kappa shape index (κ2) is 7.54. The second-order valence-corrected chi connectivity index (χ2v) is 6.56. The fourth-order valence-corrected chi connectivity index (χ4v) is 3.39. The van der Waals surface area contributed by atoms with Gasteiger partial charge in [-0.2, -0.15) is 0 Å². The second-order valence-electron chi connectivity index (χ2n) is 4.56. The van der Waals surface area contributed by atoms with Gasteiger partial charge in [0.2, 0.25) is 0 Å². The lowest BCUT2D eigenvalue weighted by Gasteiger charge is -2.10. The molecule has 3 aromatic rings. The molecule has 0 fully saturated rings. The Morgan fingerprint density at radius 3 is 2.73 bits per heavy atom. The molecule has 6 heteroatoms. The largest absolute Gasteiger partial charge is 0.380 e. The first-order valence-corrected chi connectivity index (χ1v) is 8.83. The van der Waals surface area contributed by atoms with E-state index >= 15 is 0 Å². The Hall–Kier alpha value is -1.69. The Balaban J connectivity index is 1.59. The van der Waals surface area contributed by atoms with E-state index in [9.17, 15) is 0 Å². The van der Waals surface area contributed by atoms with Crippen LogP contribution in [-0.4, -0.2) is 4.98 Å². The molecule has 0 amide bonds. The molecule has 2 N–H and O–H groups in total. The molecule has 3 nitrogen and oxygen atoms in total. The Bertz CT molecular complexity index is 718. The number of aromatic nitrogens is 1. The van der Waals surface area contributed by atoms with E-state index in [1.807, 2.05) is 41.8 Å². The summed E-state index contributed by atoms with van der Waals surface area (Å²) in [6.07, 6.45) is 0. The zero-order valence-electron chi connectivity index (χ0n) is 11.6. The van der Waals surface area contributed by atoms with Crippen molar-refractivity contribution in [3.05, 3.63) is 70.0 Å². The van der Waals surface area contributed by atoms with Crippen molar-refractivity contribution < 1.29 is 0 Å². The van der Waals surface area contributed by atoms with E-state index in [0.29, 0.717) is 5.02 Å². The third-order valence-corrected chi connectivity index (χ3v) is 4.67. The van der Waals surface area contributed by atoms with Gasteiger partial charge in [-0.15, -0.1) is 11.3 Å². The van der Waals surface area contributed by atoms with Crippen molar-refractivity contribution >= 4 is 46.4 Å². The van der Waals surface area contributed by atoms with Gasteiger partial charge < -0.3 is 10.0 Å². The van der Waals surface area contributed by atoms with Crippen LogP contribution >= 0.6 is 34.9 Å². The van der Waals surface area contributed by atoms with Crippen LogP contribution in [0, 0.1) is 0 Å². The van der Waals surface area contributed by atoms with Crippen molar-refractivity contribution in [2.24, 2.45) is 0 Å². The molecule has 22 heavy (non-hydrogen) atoms. The summed E-state index contributed by atoms with van der Waals surface area (Å²) >= 11 is 9.40. The molecule has 1 aromatic heterocycles. The van der Waals surface area contributed by atoms with E-state index < -0.39 is 0 Å². The molecule has 0 saturated heterocycles. The highest BCUT2D eigenvalue weighted by atomic mass is 35.5. The summed E-state index contributed by atoms with van der Waals surface area (Å²) < 4.78 is 3.18. The van der Waals surface area contributed by atoms with Crippen LogP contribution in [0.2, 0.25) is 5.02 Å². The predicted molar refractivity (Wildman–Crippen MR) is 96.8 cm³/mol. The lowest BCUT2D eigenvalue weighted by atomic mass is 10.2. The minimum absolute atomic E-state index is 0.709. The smallest absolute Gasteiger partial charge is 0.147 e. The maximum atomic E-state index is 6.34. The molecular weight excluding hydrogens is 334 g/mol. The summed E-state index contributed by atoms with van der Waals surface area (Å²) in [4.78, 5) is 5.22. The van der Waals surface area contributed by atoms with Gasteiger partial charge in [0.05, 0.1) is 16.2 Å². The molecular formula is C16H14ClN3S2. The number of rotatable bonds is 6. The van der Waals surface area contributed by atoms with Crippen molar-refractivity contribution in [2.45, 2.75) is 11.4 Å². The number of nitrogens with zero attached hydrogens (tertiary/aromatic N) is 1. The SMILES string of the molecule is Clc1cc(SNc2cscn2)ccc1NCc1ccccc1. The first-order valence-electron chi connectivity index (χ1n) is 6.69. The average Bonchev–Trinajstić information content (AvgIpc) is 3.06. The highest BCUT2D eigenvalue weighted by Crippen LogP contribution is 2.29. The van der Waals surface area contributed by atoms with Gasteiger partial charge in [-0.1, -0.05) is 41.9 Å². The minimum Gasteiger partial charge on any atom is -0.380 e. The van der Waals surface area contributed by atoms with Gasteiger partial charge >= 0.3 is 0 Å². The van der Waals surface area contributed by atoms with Gasteiger partial charge in [0.1, 0.15) is 5.82 Å². The maximum Gasteiger partial charge on any atom is 0.147 e. The minimum atomic E-state index is 0.709. The van der Waals surface area contributed by atoms with Crippen LogP contribution in [0.3, 0.4) is 0 Å². The van der Waals surface area contributed by atoms with Crippen LogP contribution in [0.5, 0.6) is 0 Å². The van der Waals surface area contributed by atoms with Gasteiger partial charge in [0.15, 0.2) is 0 Å². The fraction of sp³-hybridized carbons (Fsp3) is 0.0625. The van der Waals surface area contributed by atoms with Crippen molar-refractivity contribution in [3.63, 3.8) is 0 Å². The zero-order chi connectivity index (χ0) is 15.2. The number of nitrogens with one attached hydrogen (secondary N) is 2. The highest BCUT2D eigenvalue weighted by molar-refractivity contribution is 8.00. The molecule has 0 aliphatic rings. The van der Waals surface area contributed by atoms with Crippen LogP contribution in [0.4, 0.5) is 11.5 Å². The highest BCUT2D eigenvalue weighted by Gasteiger charge is 2.03. The molecule has 0 aliphatic heterocycles. The summed E-state index contributed by atoms with van der Waals surface area (Å²) in [5, 5.41) is 6.03. The summed E-state index contributed by atoms with van der Waals surface area (Å²) in [5.74, 6) is 0.859. The van der Waals surface area contributed by atoms with Crippen LogP contribution in [-0.2, 0) is 6.54 Å². The van der Waals surface area contributed by atoms with Gasteiger partial charge in [-0.05, 0) is 35.7 Å². The van der Waals surface area contributed by atoms with E-state index in [2.05, 4.69) is 27.2 Å². The van der Waals surface area contributed by atoms with Gasteiger partial charge in [-0.25, -0.2) is 4.98 Å². The molecule has 2 aromatic carbocycles. The van der Waals surface area contributed by atoms with Crippen LogP contribution in [0.1, 0.15) is 5.56 Å². The number of anilines is 2. The lowest BCUT2D eigenvalue weighted by molar-refractivity contribution is 1.15. The summed E-state index contributed by atoms with van der Waals surface area (Å²) in [6, 6.07) is 16.2. The van der Waals surface area contributed by atoms with E-state index in [4.69, 9.17) is 11.6 Å². The van der Waals surface area contributed by atoms with E-state index in [1.54, 1.807) is 16.8 Å². The van der Waals surface area contributed by atoms with Crippen LogP contribution < -0.4 is 10.0 Å². The maximum absolute atomic E-state index is 6.34. The molecule has 0 bridgehead atoms. The molecule has 0 atom stereocenters. The predicted octanol–water partition coefficient (Wildman–Crippen LogP) is 5.53. The Morgan fingerprint density at radius 2 is 2.00 bits per heavy atom. The first-order chi connectivity index (χ1) is 10.8. The number of halogens is 1. The topological polar surface area (TPSA) is 37.0 Å². The van der Waals surface area contributed by atoms with Crippen molar-refractivity contribution in [1.82, 2.24) is 4.98 Å². The molecule has 0 saturated carbocycles. The third kappa shape index (κ3) is 4.16. The normalized spacial score (nSPS) is 10.4. The lowest BCUT2D eigenvalue weighted by Crippen LogP contribution is -1.99. The monoisotopic (exact) mass is 347 g/mol. The molecule has 0 spiro atoms. The summed E-state index contributed by atoms with van der Waals surface area (Å²) in [5.41, 5.74) is 3.96. The van der Waals surface area contributed by atoms with Crippen LogP contribution in [0.25, 0.3) is 0 Å². The quantitative estimate of drug-likeness (QED) is 0.575. The molecule has 112 valence electrons. The van der Waals surface area contributed by atoms with Crippen LogP contribution in [0.15, 0.2) is 64.3 Å². The first kappa shape index (κ1) is 15.2. The molecule has 3 rings (SSSR count). The number of benzene rings is 2. The Kier molecular flexibility index (Phi) is 5.21. The molecule has 0 unspecified atom stereocenters. The summed E-state index contributed by atoms with van der Waals surface area (Å²) in [7, 11) is 0. The average molecular weight is 348 g/mol. The van der Waals surface area contributed by atoms with Gasteiger partial charge in [0, 0.05) is 16.8 Å². The zero-order valence-corrected chi connectivity index (χ0v) is 14.0. The Morgan fingerprint density at radius 1 is 1.14 bits per heavy atom. The number of hydrogen-bond acceptors (Lipinski definition) is 5. The third-order valence-electron chi connectivity index (χ3n) is 2.97. The van der Waals surface area contributed by atoms with E-state index in [0.717, 1.165) is 22.9 Å². The molecule has 0 aliphatic carbocycles. The number of hydrogen-bond donors (Lipinski definition) is 2.